The summed E-state index contributed by atoms with van der Waals surface area (Å²) in [7, 11) is 0. The van der Waals surface area contributed by atoms with E-state index in [1.165, 1.54) is 23.9 Å². The zero-order chi connectivity index (χ0) is 21.9. The van der Waals surface area contributed by atoms with Crippen molar-refractivity contribution >= 4 is 11.8 Å². The van der Waals surface area contributed by atoms with Crippen molar-refractivity contribution < 1.29 is 26.7 Å². The van der Waals surface area contributed by atoms with Gasteiger partial charge < -0.3 is 4.74 Å². The molecule has 0 atom stereocenters. The summed E-state index contributed by atoms with van der Waals surface area (Å²) in [5.41, 5.74) is 0.599. The van der Waals surface area contributed by atoms with Crippen molar-refractivity contribution in [2.45, 2.75) is 36.9 Å². The van der Waals surface area contributed by atoms with Crippen LogP contribution >= 0.6 is 11.8 Å². The van der Waals surface area contributed by atoms with Crippen LogP contribution in [0.3, 0.4) is 0 Å². The van der Waals surface area contributed by atoms with Crippen molar-refractivity contribution in [1.82, 2.24) is 9.97 Å². The molecule has 0 bridgehead atoms. The molecule has 158 valence electrons. The Balaban J connectivity index is 1.79. The lowest BCUT2D eigenvalue weighted by molar-refractivity contribution is -0.137. The van der Waals surface area contributed by atoms with E-state index in [1.807, 2.05) is 13.8 Å². The van der Waals surface area contributed by atoms with Gasteiger partial charge in [-0.2, -0.15) is 18.2 Å². The molecule has 0 radical (unpaired) electrons. The quantitative estimate of drug-likeness (QED) is 0.235. The van der Waals surface area contributed by atoms with Gasteiger partial charge in [0.05, 0.1) is 11.3 Å². The lowest BCUT2D eigenvalue weighted by Gasteiger charge is -2.12. The molecule has 3 nitrogen and oxygen atoms in total. The molecule has 3 rings (SSSR count). The van der Waals surface area contributed by atoms with E-state index in [1.54, 1.807) is 6.07 Å². The fraction of sp³-hybridized carbons (Fsp3) is 0.238. The second-order valence-corrected chi connectivity index (χ2v) is 7.67. The number of hydrogen-bond acceptors (Lipinski definition) is 4. The van der Waals surface area contributed by atoms with Crippen molar-refractivity contribution in [1.29, 1.82) is 0 Å². The van der Waals surface area contributed by atoms with Gasteiger partial charge in [0.1, 0.15) is 5.82 Å². The van der Waals surface area contributed by atoms with Gasteiger partial charge in [0.2, 0.25) is 5.88 Å². The highest BCUT2D eigenvalue weighted by Crippen LogP contribution is 2.31. The molecule has 1 aromatic heterocycles. The first kappa shape index (κ1) is 22.0. The molecule has 9 heteroatoms. The van der Waals surface area contributed by atoms with Crippen LogP contribution in [0.25, 0.3) is 0 Å². The van der Waals surface area contributed by atoms with Crippen molar-refractivity contribution in [3.05, 3.63) is 77.0 Å². The second kappa shape index (κ2) is 8.99. The van der Waals surface area contributed by atoms with Crippen LogP contribution in [0.15, 0.2) is 53.7 Å². The summed E-state index contributed by atoms with van der Waals surface area (Å²) >= 11 is 1.21. The fourth-order valence-corrected chi connectivity index (χ4v) is 3.25. The Hall–Kier alpha value is -2.68. The normalized spacial score (nSPS) is 11.7. The number of halogens is 5. The minimum atomic E-state index is -4.39. The van der Waals surface area contributed by atoms with Gasteiger partial charge in [0, 0.05) is 17.9 Å². The lowest BCUT2D eigenvalue weighted by atomic mass is 10.1. The Labute approximate surface area is 174 Å². The molecule has 0 saturated carbocycles. The number of rotatable bonds is 6. The average molecular weight is 440 g/mol. The summed E-state index contributed by atoms with van der Waals surface area (Å²) in [4.78, 5) is 8.66. The first-order valence-electron chi connectivity index (χ1n) is 8.92. The average Bonchev–Trinajstić information content (AvgIpc) is 2.68. The van der Waals surface area contributed by atoms with Crippen LogP contribution in [0, 0.1) is 11.6 Å². The molecule has 0 saturated heterocycles. The highest BCUT2D eigenvalue weighted by molar-refractivity contribution is 7.98. The molecule has 0 amide bonds. The SMILES string of the molecule is CC(C)c1cc(Oc2ccc(F)cc2F)nc(SCc2ccc(C(F)(F)F)cc2)n1. The van der Waals surface area contributed by atoms with Gasteiger partial charge >= 0.3 is 6.18 Å². The molecule has 2 aromatic carbocycles. The summed E-state index contributed by atoms with van der Waals surface area (Å²) in [6, 6.07) is 9.34. The molecular weight excluding hydrogens is 423 g/mol. The van der Waals surface area contributed by atoms with Crippen LogP contribution in [0.1, 0.15) is 36.6 Å². The van der Waals surface area contributed by atoms with E-state index < -0.39 is 23.4 Å². The maximum atomic E-state index is 13.9. The minimum absolute atomic E-state index is 0.0267. The van der Waals surface area contributed by atoms with Crippen LogP contribution < -0.4 is 4.74 Å². The number of ether oxygens (including phenoxy) is 1. The van der Waals surface area contributed by atoms with Gasteiger partial charge in [-0.1, -0.05) is 37.7 Å². The van der Waals surface area contributed by atoms with Gasteiger partial charge in [-0.15, -0.1) is 0 Å². The molecule has 0 unspecified atom stereocenters. The van der Waals surface area contributed by atoms with E-state index in [0.29, 0.717) is 28.2 Å². The number of nitrogens with zero attached hydrogens (tertiary/aromatic N) is 2. The third-order valence-electron chi connectivity index (χ3n) is 4.05. The Kier molecular flexibility index (Phi) is 6.60. The predicted molar refractivity (Wildman–Crippen MR) is 104 cm³/mol. The Morgan fingerprint density at radius 2 is 1.67 bits per heavy atom. The molecule has 1 heterocycles. The monoisotopic (exact) mass is 440 g/mol. The molecule has 3 aromatic rings. The second-order valence-electron chi connectivity index (χ2n) is 6.73. The zero-order valence-corrected chi connectivity index (χ0v) is 16.8. The first-order chi connectivity index (χ1) is 14.1. The van der Waals surface area contributed by atoms with E-state index in [0.717, 1.165) is 24.3 Å². The number of thioether (sulfide) groups is 1. The van der Waals surface area contributed by atoms with Gasteiger partial charge in [0.15, 0.2) is 16.7 Å². The van der Waals surface area contributed by atoms with Crippen molar-refractivity contribution in [2.75, 3.05) is 0 Å². The van der Waals surface area contributed by atoms with E-state index >= 15 is 0 Å². The smallest absolute Gasteiger partial charge is 0.416 e. The molecular formula is C21H17F5N2OS. The molecule has 0 aliphatic carbocycles. The largest absolute Gasteiger partial charge is 0.436 e. The van der Waals surface area contributed by atoms with Gasteiger partial charge in [-0.05, 0) is 35.7 Å². The summed E-state index contributed by atoms with van der Waals surface area (Å²) in [5, 5.41) is 0.332. The van der Waals surface area contributed by atoms with Gasteiger partial charge in [-0.3, -0.25) is 0 Å². The van der Waals surface area contributed by atoms with Crippen LogP contribution in [-0.2, 0) is 11.9 Å². The van der Waals surface area contributed by atoms with Crippen LogP contribution in [0.5, 0.6) is 11.6 Å². The summed E-state index contributed by atoms with van der Waals surface area (Å²) < 4.78 is 70.5. The molecule has 0 fully saturated rings. The van der Waals surface area contributed by atoms with Gasteiger partial charge in [0.25, 0.3) is 0 Å². The highest BCUT2D eigenvalue weighted by Gasteiger charge is 2.29. The Bertz CT molecular complexity index is 1020. The third kappa shape index (κ3) is 5.69. The van der Waals surface area contributed by atoms with Gasteiger partial charge in [-0.25, -0.2) is 13.8 Å². The standard InChI is InChI=1S/C21H17F5N2OS/c1-12(2)17-10-19(29-18-8-7-15(22)9-16(18)23)28-20(27-17)30-11-13-3-5-14(6-4-13)21(24,25)26/h3-10,12H,11H2,1-2H3. The summed E-state index contributed by atoms with van der Waals surface area (Å²) in [6.45, 7) is 3.82. The van der Waals surface area contributed by atoms with E-state index in [4.69, 9.17) is 4.74 Å². The zero-order valence-electron chi connectivity index (χ0n) is 16.0. The molecule has 0 aliphatic rings. The molecule has 0 N–H and O–H groups in total. The summed E-state index contributed by atoms with van der Waals surface area (Å²) in [6.07, 6.45) is -4.39. The number of hydrogen-bond donors (Lipinski definition) is 0. The molecule has 30 heavy (non-hydrogen) atoms. The van der Waals surface area contributed by atoms with E-state index in [-0.39, 0.29) is 17.5 Å². The number of aromatic nitrogens is 2. The third-order valence-corrected chi connectivity index (χ3v) is 4.97. The minimum Gasteiger partial charge on any atom is -0.436 e. The molecule has 0 aliphatic heterocycles. The topological polar surface area (TPSA) is 35.0 Å². The van der Waals surface area contributed by atoms with Crippen molar-refractivity contribution in [2.24, 2.45) is 0 Å². The highest BCUT2D eigenvalue weighted by atomic mass is 32.2. The Morgan fingerprint density at radius 1 is 0.967 bits per heavy atom. The number of benzene rings is 2. The van der Waals surface area contributed by atoms with Crippen LogP contribution in [0.2, 0.25) is 0 Å². The van der Waals surface area contributed by atoms with E-state index in [9.17, 15) is 22.0 Å². The van der Waals surface area contributed by atoms with E-state index in [2.05, 4.69) is 9.97 Å². The number of alkyl halides is 3. The Morgan fingerprint density at radius 3 is 2.27 bits per heavy atom. The van der Waals surface area contributed by atoms with Crippen LogP contribution in [0.4, 0.5) is 22.0 Å². The fourth-order valence-electron chi connectivity index (χ4n) is 2.44. The van der Waals surface area contributed by atoms with Crippen LogP contribution in [-0.4, -0.2) is 9.97 Å². The lowest BCUT2D eigenvalue weighted by Crippen LogP contribution is -2.04. The first-order valence-corrected chi connectivity index (χ1v) is 9.91. The maximum absolute atomic E-state index is 13.9. The van der Waals surface area contributed by atoms with Crippen molar-refractivity contribution in [3.63, 3.8) is 0 Å². The summed E-state index contributed by atoms with van der Waals surface area (Å²) in [5.74, 6) is -1.31. The maximum Gasteiger partial charge on any atom is 0.416 e. The predicted octanol–water partition coefficient (Wildman–Crippen LogP) is 6.98. The van der Waals surface area contributed by atoms with Crippen molar-refractivity contribution in [3.8, 4) is 11.6 Å². The molecule has 0 spiro atoms.